The van der Waals surface area contributed by atoms with Crippen LogP contribution in [0.3, 0.4) is 0 Å². The third-order valence-electron chi connectivity index (χ3n) is 2.69. The van der Waals surface area contributed by atoms with Crippen molar-refractivity contribution in [2.24, 2.45) is 0 Å². The lowest BCUT2D eigenvalue weighted by atomic mass is 10.2. The highest BCUT2D eigenvalue weighted by molar-refractivity contribution is 5.76. The molecule has 2 aromatic rings. The minimum absolute atomic E-state index is 0.0210. The number of hydrogen-bond acceptors (Lipinski definition) is 3. The quantitative estimate of drug-likeness (QED) is 0.834. The molecule has 4 heteroatoms. The molecule has 1 atom stereocenters. The normalized spacial score (nSPS) is 12.9. The van der Waals surface area contributed by atoms with E-state index in [1.165, 1.54) is 0 Å². The summed E-state index contributed by atoms with van der Waals surface area (Å²) in [7, 11) is 1.88. The zero-order valence-corrected chi connectivity index (χ0v) is 9.47. The molecule has 0 aliphatic rings. The Balaban J connectivity index is 2.49. The topological polar surface area (TPSA) is 46.9 Å². The number of likely N-dealkylation sites (N-methyl/N-ethyl adjacent to an activating group) is 1. The first-order chi connectivity index (χ1) is 7.72. The lowest BCUT2D eigenvalue weighted by Gasteiger charge is -2.12. The van der Waals surface area contributed by atoms with E-state index in [1.807, 2.05) is 38.2 Å². The van der Waals surface area contributed by atoms with Crippen molar-refractivity contribution in [3.05, 3.63) is 40.9 Å². The summed E-state index contributed by atoms with van der Waals surface area (Å²) in [4.78, 5) is 16.3. The van der Waals surface area contributed by atoms with Gasteiger partial charge in [0.2, 0.25) is 0 Å². The zero-order valence-electron chi connectivity index (χ0n) is 9.47. The fraction of sp³-hybridized carbons (Fsp3) is 0.333. The van der Waals surface area contributed by atoms with Gasteiger partial charge in [-0.05, 0) is 26.1 Å². The van der Waals surface area contributed by atoms with E-state index in [1.54, 1.807) is 10.9 Å². The molecule has 0 saturated carbocycles. The standard InChI is InChI=1S/C12H15N3O/c1-9(13-2)7-15-8-14-11-6-4-3-5-10(11)12(15)16/h3-6,8-9,13H,7H2,1-2H3. The summed E-state index contributed by atoms with van der Waals surface area (Å²) in [5.74, 6) is 0. The summed E-state index contributed by atoms with van der Waals surface area (Å²) < 4.78 is 1.64. The van der Waals surface area contributed by atoms with Crippen LogP contribution in [0, 0.1) is 0 Å². The monoisotopic (exact) mass is 217 g/mol. The predicted octanol–water partition coefficient (Wildman–Crippen LogP) is 1.00. The Bertz CT molecular complexity index is 547. The van der Waals surface area contributed by atoms with Gasteiger partial charge in [-0.15, -0.1) is 0 Å². The maximum Gasteiger partial charge on any atom is 0.261 e. The number of fused-ring (bicyclic) bond motifs is 1. The summed E-state index contributed by atoms with van der Waals surface area (Å²) in [5.41, 5.74) is 0.772. The Labute approximate surface area is 93.9 Å². The summed E-state index contributed by atoms with van der Waals surface area (Å²) in [6.07, 6.45) is 1.61. The first kappa shape index (κ1) is 10.8. The van der Waals surface area contributed by atoms with Gasteiger partial charge in [-0.25, -0.2) is 4.98 Å². The number of benzene rings is 1. The number of nitrogens with zero attached hydrogens (tertiary/aromatic N) is 2. The van der Waals surface area contributed by atoms with Crippen molar-refractivity contribution >= 4 is 10.9 Å². The Morgan fingerprint density at radius 2 is 2.19 bits per heavy atom. The molecule has 0 radical (unpaired) electrons. The average Bonchev–Trinajstić information content (AvgIpc) is 2.33. The van der Waals surface area contributed by atoms with Crippen LogP contribution in [0.25, 0.3) is 10.9 Å². The molecule has 16 heavy (non-hydrogen) atoms. The molecule has 1 unspecified atom stereocenters. The lowest BCUT2D eigenvalue weighted by molar-refractivity contribution is 0.503. The van der Waals surface area contributed by atoms with E-state index >= 15 is 0 Å². The summed E-state index contributed by atoms with van der Waals surface area (Å²) in [6, 6.07) is 7.65. The zero-order chi connectivity index (χ0) is 11.5. The van der Waals surface area contributed by atoms with Crippen LogP contribution in [0.4, 0.5) is 0 Å². The van der Waals surface area contributed by atoms with Crippen molar-refractivity contribution in [3.8, 4) is 0 Å². The highest BCUT2D eigenvalue weighted by Gasteiger charge is 2.05. The SMILES string of the molecule is CNC(C)Cn1cnc2ccccc2c1=O. The second-order valence-corrected chi connectivity index (χ2v) is 3.91. The molecule has 1 heterocycles. The summed E-state index contributed by atoms with van der Waals surface area (Å²) in [6.45, 7) is 2.66. The first-order valence-electron chi connectivity index (χ1n) is 5.34. The van der Waals surface area contributed by atoms with E-state index in [-0.39, 0.29) is 11.6 Å². The average molecular weight is 217 g/mol. The van der Waals surface area contributed by atoms with Crippen LogP contribution in [0.2, 0.25) is 0 Å². The van der Waals surface area contributed by atoms with E-state index in [0.29, 0.717) is 11.9 Å². The molecule has 1 aromatic carbocycles. The van der Waals surface area contributed by atoms with Crippen molar-refractivity contribution in [3.63, 3.8) is 0 Å². The predicted molar refractivity (Wildman–Crippen MR) is 64.5 cm³/mol. The van der Waals surface area contributed by atoms with Crippen molar-refractivity contribution in [1.82, 2.24) is 14.9 Å². The number of hydrogen-bond donors (Lipinski definition) is 1. The Morgan fingerprint density at radius 3 is 2.94 bits per heavy atom. The highest BCUT2D eigenvalue weighted by Crippen LogP contribution is 2.04. The summed E-state index contributed by atoms with van der Waals surface area (Å²) >= 11 is 0. The minimum Gasteiger partial charge on any atom is -0.315 e. The van der Waals surface area contributed by atoms with Crippen molar-refractivity contribution in [1.29, 1.82) is 0 Å². The molecule has 4 nitrogen and oxygen atoms in total. The molecule has 0 bridgehead atoms. The smallest absolute Gasteiger partial charge is 0.261 e. The maximum absolute atomic E-state index is 12.1. The van der Waals surface area contributed by atoms with Gasteiger partial charge >= 0.3 is 0 Å². The number of rotatable bonds is 3. The Kier molecular flexibility index (Phi) is 3.01. The van der Waals surface area contributed by atoms with Gasteiger partial charge in [0.15, 0.2) is 0 Å². The second kappa shape index (κ2) is 4.45. The number of para-hydroxylation sites is 1. The van der Waals surface area contributed by atoms with Crippen LogP contribution in [0.5, 0.6) is 0 Å². The molecule has 84 valence electrons. The molecular weight excluding hydrogens is 202 g/mol. The van der Waals surface area contributed by atoms with Crippen LogP contribution in [0.15, 0.2) is 35.4 Å². The highest BCUT2D eigenvalue weighted by atomic mass is 16.1. The van der Waals surface area contributed by atoms with Gasteiger partial charge in [-0.3, -0.25) is 9.36 Å². The third kappa shape index (κ3) is 1.97. The van der Waals surface area contributed by atoms with Gasteiger partial charge in [-0.2, -0.15) is 0 Å². The minimum atomic E-state index is 0.0210. The molecule has 2 rings (SSSR count). The maximum atomic E-state index is 12.1. The fourth-order valence-corrected chi connectivity index (χ4v) is 1.62. The molecule has 1 N–H and O–H groups in total. The molecule has 1 aromatic heterocycles. The lowest BCUT2D eigenvalue weighted by Crippen LogP contribution is -2.32. The van der Waals surface area contributed by atoms with E-state index in [4.69, 9.17) is 0 Å². The molecule has 0 fully saturated rings. The Hall–Kier alpha value is -1.68. The van der Waals surface area contributed by atoms with Crippen LogP contribution >= 0.6 is 0 Å². The van der Waals surface area contributed by atoms with E-state index in [0.717, 1.165) is 5.52 Å². The van der Waals surface area contributed by atoms with Crippen LogP contribution < -0.4 is 10.9 Å². The van der Waals surface area contributed by atoms with Gasteiger partial charge in [-0.1, -0.05) is 12.1 Å². The van der Waals surface area contributed by atoms with E-state index in [9.17, 15) is 4.79 Å². The molecular formula is C12H15N3O. The van der Waals surface area contributed by atoms with Crippen molar-refractivity contribution in [2.45, 2.75) is 19.5 Å². The van der Waals surface area contributed by atoms with Gasteiger partial charge in [0.05, 0.1) is 17.2 Å². The van der Waals surface area contributed by atoms with Gasteiger partial charge in [0.25, 0.3) is 5.56 Å². The van der Waals surface area contributed by atoms with Crippen LogP contribution in [-0.4, -0.2) is 22.6 Å². The van der Waals surface area contributed by atoms with E-state index < -0.39 is 0 Å². The number of aromatic nitrogens is 2. The fourth-order valence-electron chi connectivity index (χ4n) is 1.62. The molecule has 0 spiro atoms. The molecule has 0 aliphatic carbocycles. The molecule has 0 saturated heterocycles. The van der Waals surface area contributed by atoms with Gasteiger partial charge < -0.3 is 5.32 Å². The van der Waals surface area contributed by atoms with Crippen molar-refractivity contribution in [2.75, 3.05) is 7.05 Å². The second-order valence-electron chi connectivity index (χ2n) is 3.91. The van der Waals surface area contributed by atoms with E-state index in [2.05, 4.69) is 10.3 Å². The summed E-state index contributed by atoms with van der Waals surface area (Å²) in [5, 5.41) is 3.78. The van der Waals surface area contributed by atoms with Gasteiger partial charge in [0.1, 0.15) is 0 Å². The molecule has 0 amide bonds. The van der Waals surface area contributed by atoms with Crippen LogP contribution in [0.1, 0.15) is 6.92 Å². The third-order valence-corrected chi connectivity index (χ3v) is 2.69. The van der Waals surface area contributed by atoms with Crippen LogP contribution in [-0.2, 0) is 6.54 Å². The van der Waals surface area contributed by atoms with Gasteiger partial charge in [0, 0.05) is 12.6 Å². The largest absolute Gasteiger partial charge is 0.315 e. The first-order valence-corrected chi connectivity index (χ1v) is 5.34. The molecule has 0 aliphatic heterocycles. The Morgan fingerprint density at radius 1 is 1.44 bits per heavy atom. The number of nitrogens with one attached hydrogen (secondary N) is 1. The van der Waals surface area contributed by atoms with Crippen molar-refractivity contribution < 1.29 is 0 Å².